The van der Waals surface area contributed by atoms with E-state index >= 15 is 0 Å². The van der Waals surface area contributed by atoms with Crippen molar-refractivity contribution in [1.29, 1.82) is 0 Å². The van der Waals surface area contributed by atoms with Gasteiger partial charge in [-0.05, 0) is 19.4 Å². The van der Waals surface area contributed by atoms with Gasteiger partial charge in [-0.25, -0.2) is 0 Å². The lowest BCUT2D eigenvalue weighted by Crippen LogP contribution is -2.49. The van der Waals surface area contributed by atoms with E-state index in [1.165, 1.54) is 5.69 Å². The van der Waals surface area contributed by atoms with Crippen LogP contribution in [-0.4, -0.2) is 30.3 Å². The molecule has 2 atom stereocenters. The van der Waals surface area contributed by atoms with Crippen LogP contribution in [0.3, 0.4) is 0 Å². The van der Waals surface area contributed by atoms with Crippen molar-refractivity contribution in [2.24, 2.45) is 0 Å². The Bertz CT molecular complexity index is 372. The second-order valence-corrected chi connectivity index (χ2v) is 4.76. The van der Waals surface area contributed by atoms with Gasteiger partial charge < -0.3 is 9.64 Å². The van der Waals surface area contributed by atoms with Crippen molar-refractivity contribution in [3.8, 4) is 0 Å². The van der Waals surface area contributed by atoms with Crippen molar-refractivity contribution in [3.05, 3.63) is 24.0 Å². The third kappa shape index (κ3) is 2.72. The first-order valence-corrected chi connectivity index (χ1v) is 6.66. The lowest BCUT2D eigenvalue weighted by Gasteiger charge is -2.40. The number of aromatic nitrogens is 1. The van der Waals surface area contributed by atoms with Gasteiger partial charge in [0, 0.05) is 30.2 Å². The molecule has 1 saturated heterocycles. The number of morpholine rings is 1. The van der Waals surface area contributed by atoms with Crippen LogP contribution in [-0.2, 0) is 10.6 Å². The molecule has 1 aromatic heterocycles. The summed E-state index contributed by atoms with van der Waals surface area (Å²) >= 11 is 5.98. The van der Waals surface area contributed by atoms with Gasteiger partial charge in [0.2, 0.25) is 0 Å². The molecule has 1 aliphatic heterocycles. The summed E-state index contributed by atoms with van der Waals surface area (Å²) < 4.78 is 5.72. The molecule has 2 rings (SSSR count). The van der Waals surface area contributed by atoms with Gasteiger partial charge >= 0.3 is 0 Å². The van der Waals surface area contributed by atoms with Crippen LogP contribution in [0.1, 0.15) is 25.8 Å². The molecular weight excluding hydrogens is 236 g/mol. The monoisotopic (exact) mass is 254 g/mol. The number of hydrogen-bond donors (Lipinski definition) is 0. The highest BCUT2D eigenvalue weighted by atomic mass is 35.5. The third-order valence-electron chi connectivity index (χ3n) is 3.27. The Morgan fingerprint density at radius 1 is 1.59 bits per heavy atom. The predicted octanol–water partition coefficient (Wildman–Crippen LogP) is 2.82. The largest absolute Gasteiger partial charge is 0.375 e. The van der Waals surface area contributed by atoms with Crippen LogP contribution in [0, 0.1) is 0 Å². The number of alkyl halides is 1. The maximum atomic E-state index is 5.98. The van der Waals surface area contributed by atoms with E-state index in [2.05, 4.69) is 29.8 Å². The Morgan fingerprint density at radius 2 is 2.41 bits per heavy atom. The summed E-state index contributed by atoms with van der Waals surface area (Å²) in [5, 5.41) is 0. The van der Waals surface area contributed by atoms with Crippen LogP contribution in [0.15, 0.2) is 18.5 Å². The SMILES string of the molecule is CCC1COC(C)CN1c1ccncc1CCl. The molecule has 2 unspecified atom stereocenters. The van der Waals surface area contributed by atoms with E-state index < -0.39 is 0 Å². The van der Waals surface area contributed by atoms with E-state index in [1.54, 1.807) is 0 Å². The summed E-state index contributed by atoms with van der Waals surface area (Å²) in [6.07, 6.45) is 5.04. The van der Waals surface area contributed by atoms with Gasteiger partial charge in [-0.2, -0.15) is 0 Å². The van der Waals surface area contributed by atoms with Crippen LogP contribution < -0.4 is 4.90 Å². The predicted molar refractivity (Wildman–Crippen MR) is 70.6 cm³/mol. The van der Waals surface area contributed by atoms with E-state index in [4.69, 9.17) is 16.3 Å². The average Bonchev–Trinajstić information content (AvgIpc) is 2.38. The number of ether oxygens (including phenoxy) is 1. The average molecular weight is 255 g/mol. The molecule has 0 amide bonds. The van der Waals surface area contributed by atoms with E-state index in [1.807, 2.05) is 12.4 Å². The van der Waals surface area contributed by atoms with Gasteiger partial charge in [0.25, 0.3) is 0 Å². The molecular formula is C13H19ClN2O. The normalized spacial score (nSPS) is 25.0. The van der Waals surface area contributed by atoms with Crippen LogP contribution in [0.5, 0.6) is 0 Å². The summed E-state index contributed by atoms with van der Waals surface area (Å²) in [4.78, 5) is 6.55. The minimum Gasteiger partial charge on any atom is -0.375 e. The van der Waals surface area contributed by atoms with Crippen molar-refractivity contribution in [2.45, 2.75) is 38.3 Å². The van der Waals surface area contributed by atoms with Gasteiger partial charge in [0.15, 0.2) is 0 Å². The number of pyridine rings is 1. The van der Waals surface area contributed by atoms with Gasteiger partial charge in [-0.15, -0.1) is 11.6 Å². The highest BCUT2D eigenvalue weighted by Gasteiger charge is 2.26. The zero-order chi connectivity index (χ0) is 12.3. The first-order chi connectivity index (χ1) is 8.26. The van der Waals surface area contributed by atoms with Crippen molar-refractivity contribution in [3.63, 3.8) is 0 Å². The molecule has 3 nitrogen and oxygen atoms in total. The molecule has 0 spiro atoms. The molecule has 1 fully saturated rings. The highest BCUT2D eigenvalue weighted by Crippen LogP contribution is 2.27. The van der Waals surface area contributed by atoms with E-state index in [0.717, 1.165) is 25.1 Å². The number of hydrogen-bond acceptors (Lipinski definition) is 3. The molecule has 94 valence electrons. The van der Waals surface area contributed by atoms with Crippen molar-refractivity contribution in [1.82, 2.24) is 4.98 Å². The van der Waals surface area contributed by atoms with Crippen molar-refractivity contribution in [2.75, 3.05) is 18.1 Å². The number of anilines is 1. The number of nitrogens with zero attached hydrogens (tertiary/aromatic N) is 2. The minimum absolute atomic E-state index is 0.272. The second kappa shape index (κ2) is 5.69. The quantitative estimate of drug-likeness (QED) is 0.776. The molecule has 0 saturated carbocycles. The number of rotatable bonds is 3. The van der Waals surface area contributed by atoms with Gasteiger partial charge in [0.1, 0.15) is 0 Å². The molecule has 0 N–H and O–H groups in total. The van der Waals surface area contributed by atoms with Crippen LogP contribution in [0.2, 0.25) is 0 Å². The van der Waals surface area contributed by atoms with Crippen LogP contribution in [0.25, 0.3) is 0 Å². The van der Waals surface area contributed by atoms with Gasteiger partial charge in [-0.3, -0.25) is 4.98 Å². The molecule has 1 aliphatic rings. The Hall–Kier alpha value is -0.800. The van der Waals surface area contributed by atoms with Gasteiger partial charge in [-0.1, -0.05) is 6.92 Å². The molecule has 1 aromatic rings. The Morgan fingerprint density at radius 3 is 3.12 bits per heavy atom. The van der Waals surface area contributed by atoms with E-state index in [9.17, 15) is 0 Å². The second-order valence-electron chi connectivity index (χ2n) is 4.50. The highest BCUT2D eigenvalue weighted by molar-refractivity contribution is 6.17. The number of halogens is 1. The van der Waals surface area contributed by atoms with Crippen LogP contribution >= 0.6 is 11.6 Å². The summed E-state index contributed by atoms with van der Waals surface area (Å²) in [7, 11) is 0. The van der Waals surface area contributed by atoms with E-state index in [0.29, 0.717) is 11.9 Å². The lowest BCUT2D eigenvalue weighted by atomic mass is 10.1. The summed E-state index contributed by atoms with van der Waals surface area (Å²) in [6, 6.07) is 2.49. The first kappa shape index (κ1) is 12.7. The van der Waals surface area contributed by atoms with Crippen molar-refractivity contribution >= 4 is 17.3 Å². The lowest BCUT2D eigenvalue weighted by molar-refractivity contribution is 0.0299. The van der Waals surface area contributed by atoms with E-state index in [-0.39, 0.29) is 6.10 Å². The summed E-state index contributed by atoms with van der Waals surface area (Å²) in [5.74, 6) is 0.505. The topological polar surface area (TPSA) is 25.4 Å². The molecule has 0 radical (unpaired) electrons. The third-order valence-corrected chi connectivity index (χ3v) is 3.56. The smallest absolute Gasteiger partial charge is 0.0723 e. The molecule has 4 heteroatoms. The Labute approximate surface area is 108 Å². The maximum Gasteiger partial charge on any atom is 0.0723 e. The fourth-order valence-electron chi connectivity index (χ4n) is 2.28. The standard InChI is InChI=1S/C13H19ClN2O/c1-3-12-9-17-10(2)8-16(12)13-4-5-15-7-11(13)6-14/h4-5,7,10,12H,3,6,8-9H2,1-2H3. The summed E-state index contributed by atoms with van der Waals surface area (Å²) in [6.45, 7) is 6.02. The first-order valence-electron chi connectivity index (χ1n) is 6.13. The molecule has 17 heavy (non-hydrogen) atoms. The maximum absolute atomic E-state index is 5.98. The van der Waals surface area contributed by atoms with Gasteiger partial charge in [0.05, 0.1) is 24.6 Å². The molecule has 0 aromatic carbocycles. The molecule has 0 bridgehead atoms. The fraction of sp³-hybridized carbons (Fsp3) is 0.615. The Kier molecular flexibility index (Phi) is 4.24. The van der Waals surface area contributed by atoms with Crippen molar-refractivity contribution < 1.29 is 4.74 Å². The summed E-state index contributed by atoms with van der Waals surface area (Å²) in [5.41, 5.74) is 2.30. The minimum atomic E-state index is 0.272. The zero-order valence-corrected chi connectivity index (χ0v) is 11.2. The molecule has 0 aliphatic carbocycles. The Balaban J connectivity index is 2.28. The zero-order valence-electron chi connectivity index (χ0n) is 10.4. The van der Waals surface area contributed by atoms with Crippen LogP contribution in [0.4, 0.5) is 5.69 Å². The fourth-order valence-corrected chi connectivity index (χ4v) is 2.49. The molecule has 2 heterocycles.